The Labute approximate surface area is 141 Å². The molecule has 25 heavy (non-hydrogen) atoms. The van der Waals surface area contributed by atoms with Gasteiger partial charge < -0.3 is 20.5 Å². The number of amides is 1. The van der Waals surface area contributed by atoms with Crippen LogP contribution in [0.3, 0.4) is 0 Å². The Morgan fingerprint density at radius 1 is 1.44 bits per heavy atom. The predicted octanol–water partition coefficient (Wildman–Crippen LogP) is 0.489. The topological polar surface area (TPSA) is 147 Å². The molecule has 1 aliphatic rings. The van der Waals surface area contributed by atoms with E-state index in [1.807, 2.05) is 6.07 Å². The molecule has 0 spiro atoms. The van der Waals surface area contributed by atoms with Gasteiger partial charge in [-0.1, -0.05) is 35.3 Å². The van der Waals surface area contributed by atoms with E-state index in [1.165, 1.54) is 6.92 Å². The molecule has 10 heteroatoms. The van der Waals surface area contributed by atoms with E-state index in [1.54, 1.807) is 30.3 Å². The molecule has 4 atom stereocenters. The average Bonchev–Trinajstić information content (AvgIpc) is 3.04. The number of carbonyl (C=O) groups is 1. The Hall–Kier alpha value is -3.32. The van der Waals surface area contributed by atoms with Crippen molar-refractivity contribution in [3.8, 4) is 6.07 Å². The van der Waals surface area contributed by atoms with E-state index >= 15 is 0 Å². The molecule has 1 fully saturated rings. The Morgan fingerprint density at radius 2 is 2.12 bits per heavy atom. The third-order valence-corrected chi connectivity index (χ3v) is 4.20. The number of carbonyl (C=O) groups excluding carboxylic acids is 1. The van der Waals surface area contributed by atoms with Crippen LogP contribution in [0.4, 0.5) is 5.95 Å². The van der Waals surface area contributed by atoms with Crippen LogP contribution in [0, 0.1) is 27.4 Å². The maximum Gasteiger partial charge on any atom is 0.490 e. The van der Waals surface area contributed by atoms with Crippen molar-refractivity contribution in [3.05, 3.63) is 52.3 Å². The second-order valence-corrected chi connectivity index (χ2v) is 5.91. The zero-order valence-electron chi connectivity index (χ0n) is 13.1. The first-order chi connectivity index (χ1) is 11.8. The van der Waals surface area contributed by atoms with E-state index in [2.05, 4.69) is 15.4 Å². The summed E-state index contributed by atoms with van der Waals surface area (Å²) in [6, 6.07) is 9.70. The van der Waals surface area contributed by atoms with Crippen LogP contribution in [0.2, 0.25) is 0 Å². The second kappa shape index (κ2) is 5.95. The summed E-state index contributed by atoms with van der Waals surface area (Å²) in [7, 11) is 0. The van der Waals surface area contributed by atoms with Gasteiger partial charge in [0.2, 0.25) is 12.2 Å². The summed E-state index contributed by atoms with van der Waals surface area (Å²) in [4.78, 5) is 26.0. The quantitative estimate of drug-likeness (QED) is 0.609. The summed E-state index contributed by atoms with van der Waals surface area (Å²) in [5.41, 5.74) is -1.15. The Morgan fingerprint density at radius 3 is 2.68 bits per heavy atom. The first-order valence-corrected chi connectivity index (χ1v) is 7.39. The zero-order chi connectivity index (χ0) is 18.2. The van der Waals surface area contributed by atoms with Gasteiger partial charge in [0.1, 0.15) is 12.0 Å². The number of aliphatic hydroxyl groups is 1. The maximum absolute atomic E-state index is 12.3. The minimum atomic E-state index is -1.79. The number of hydrogen-bond acceptors (Lipinski definition) is 7. The standard InChI is InChI=1S/C15H14N6O4/c1-15(23)12(20-8-17-14(19-20)21(24)25)11(9-5-3-2-4-6-9)10(7-16)13(22)18-15/h2-6,8,10-12,23H,1H3,(H,18,22)/t10-,11-,12-,15-/m1/s1. The minimum Gasteiger partial charge on any atom is -0.390 e. The van der Waals surface area contributed by atoms with Crippen molar-refractivity contribution in [2.24, 2.45) is 5.92 Å². The first-order valence-electron chi connectivity index (χ1n) is 7.39. The molecule has 0 bridgehead atoms. The lowest BCUT2D eigenvalue weighted by Crippen LogP contribution is -2.61. The van der Waals surface area contributed by atoms with E-state index in [9.17, 15) is 25.3 Å². The molecule has 0 aliphatic carbocycles. The fourth-order valence-corrected chi connectivity index (χ4v) is 3.19. The summed E-state index contributed by atoms with van der Waals surface area (Å²) in [5, 5.41) is 37.3. The van der Waals surface area contributed by atoms with Gasteiger partial charge in [0, 0.05) is 11.0 Å². The first kappa shape index (κ1) is 16.5. The number of nitrogens with one attached hydrogen (secondary N) is 1. The van der Waals surface area contributed by atoms with Crippen LogP contribution in [-0.2, 0) is 4.79 Å². The number of rotatable bonds is 3. The fourth-order valence-electron chi connectivity index (χ4n) is 3.19. The van der Waals surface area contributed by atoms with Crippen LogP contribution in [-0.4, -0.2) is 36.4 Å². The molecule has 1 aromatic carbocycles. The highest BCUT2D eigenvalue weighted by molar-refractivity contribution is 5.84. The van der Waals surface area contributed by atoms with Crippen molar-refractivity contribution in [2.75, 3.05) is 0 Å². The second-order valence-electron chi connectivity index (χ2n) is 5.91. The summed E-state index contributed by atoms with van der Waals surface area (Å²) in [6.45, 7) is 1.35. The number of aromatic nitrogens is 3. The molecule has 2 heterocycles. The number of nitro groups is 1. The maximum atomic E-state index is 12.3. The molecule has 1 saturated heterocycles. The number of nitriles is 1. The molecule has 1 aromatic heterocycles. The van der Waals surface area contributed by atoms with Crippen molar-refractivity contribution in [1.29, 1.82) is 5.26 Å². The third-order valence-electron chi connectivity index (χ3n) is 4.20. The van der Waals surface area contributed by atoms with Crippen LogP contribution in [0.5, 0.6) is 0 Å². The molecule has 0 radical (unpaired) electrons. The van der Waals surface area contributed by atoms with E-state index in [-0.39, 0.29) is 0 Å². The highest BCUT2D eigenvalue weighted by Crippen LogP contribution is 2.44. The smallest absolute Gasteiger partial charge is 0.390 e. The Bertz CT molecular complexity index is 856. The zero-order valence-corrected chi connectivity index (χ0v) is 13.1. The van der Waals surface area contributed by atoms with Gasteiger partial charge in [-0.15, -0.1) is 0 Å². The minimum absolute atomic E-state index is 0.618. The van der Waals surface area contributed by atoms with Crippen molar-refractivity contribution in [3.63, 3.8) is 0 Å². The summed E-state index contributed by atoms with van der Waals surface area (Å²) >= 11 is 0. The van der Waals surface area contributed by atoms with Crippen LogP contribution >= 0.6 is 0 Å². The molecule has 10 nitrogen and oxygen atoms in total. The van der Waals surface area contributed by atoms with Crippen LogP contribution in [0.25, 0.3) is 0 Å². The molecule has 2 aromatic rings. The van der Waals surface area contributed by atoms with Gasteiger partial charge in [-0.3, -0.25) is 4.79 Å². The summed E-state index contributed by atoms with van der Waals surface area (Å²) < 4.78 is 1.12. The summed E-state index contributed by atoms with van der Waals surface area (Å²) in [5.74, 6) is -3.12. The predicted molar refractivity (Wildman–Crippen MR) is 82.8 cm³/mol. The van der Waals surface area contributed by atoms with Gasteiger partial charge in [0.15, 0.2) is 5.72 Å². The lowest BCUT2D eigenvalue weighted by molar-refractivity contribution is -0.394. The Balaban J connectivity index is 2.16. The van der Waals surface area contributed by atoms with Crippen LogP contribution in [0.1, 0.15) is 24.4 Å². The molecule has 3 rings (SSSR count). The van der Waals surface area contributed by atoms with Crippen LogP contribution in [0.15, 0.2) is 36.7 Å². The lowest BCUT2D eigenvalue weighted by atomic mass is 9.74. The van der Waals surface area contributed by atoms with Crippen molar-refractivity contribution in [2.45, 2.75) is 24.6 Å². The molecule has 1 aliphatic heterocycles. The number of benzene rings is 1. The average molecular weight is 342 g/mol. The molecule has 0 unspecified atom stereocenters. The van der Waals surface area contributed by atoms with Gasteiger partial charge in [0.05, 0.1) is 6.07 Å². The highest BCUT2D eigenvalue weighted by Gasteiger charge is 2.53. The van der Waals surface area contributed by atoms with Gasteiger partial charge >= 0.3 is 5.95 Å². The molecule has 1 amide bonds. The normalized spacial score (nSPS) is 28.8. The molecular weight excluding hydrogens is 328 g/mol. The number of hydrogen-bond donors (Lipinski definition) is 2. The van der Waals surface area contributed by atoms with E-state index < -0.39 is 40.4 Å². The largest absolute Gasteiger partial charge is 0.490 e. The van der Waals surface area contributed by atoms with Crippen LogP contribution < -0.4 is 5.32 Å². The van der Waals surface area contributed by atoms with Gasteiger partial charge in [-0.25, -0.2) is 0 Å². The monoisotopic (exact) mass is 342 g/mol. The van der Waals surface area contributed by atoms with E-state index in [0.29, 0.717) is 5.56 Å². The highest BCUT2D eigenvalue weighted by atomic mass is 16.6. The van der Waals surface area contributed by atoms with Crippen molar-refractivity contribution >= 4 is 11.9 Å². The number of piperidine rings is 1. The SMILES string of the molecule is C[C@]1(O)NC(=O)[C@H](C#N)[C@@H](c2ccccc2)[C@H]1n1cnc([N+](=O)[O-])n1. The molecule has 2 N–H and O–H groups in total. The summed E-state index contributed by atoms with van der Waals surface area (Å²) in [6.07, 6.45) is 1.11. The van der Waals surface area contributed by atoms with Gasteiger partial charge in [0.25, 0.3) is 0 Å². The lowest BCUT2D eigenvalue weighted by Gasteiger charge is -2.43. The molecular formula is C15H14N6O4. The molecule has 128 valence electrons. The van der Waals surface area contributed by atoms with Gasteiger partial charge in [-0.2, -0.15) is 9.94 Å². The Kier molecular flexibility index (Phi) is 3.94. The number of nitrogens with zero attached hydrogens (tertiary/aromatic N) is 5. The van der Waals surface area contributed by atoms with Gasteiger partial charge in [-0.05, 0) is 17.4 Å². The van der Waals surface area contributed by atoms with Crippen molar-refractivity contribution in [1.82, 2.24) is 20.1 Å². The van der Waals surface area contributed by atoms with E-state index in [0.717, 1.165) is 11.0 Å². The molecule has 0 saturated carbocycles. The third kappa shape index (κ3) is 2.81. The van der Waals surface area contributed by atoms with E-state index in [4.69, 9.17) is 0 Å². The van der Waals surface area contributed by atoms with Crippen molar-refractivity contribution < 1.29 is 14.8 Å². The fraction of sp³-hybridized carbons (Fsp3) is 0.333.